The molecule has 0 atom stereocenters. The third-order valence-electron chi connectivity index (χ3n) is 3.80. The van der Waals surface area contributed by atoms with Gasteiger partial charge in [0.05, 0.1) is 0 Å². The van der Waals surface area contributed by atoms with E-state index in [-0.39, 0.29) is 36.2 Å². The van der Waals surface area contributed by atoms with Crippen LogP contribution in [0.5, 0.6) is 11.5 Å². The third kappa shape index (κ3) is 9.34. The van der Waals surface area contributed by atoms with E-state index in [9.17, 15) is 4.79 Å². The third-order valence-corrected chi connectivity index (χ3v) is 3.80. The largest absolute Gasteiger partial charge is 0.488 e. The minimum Gasteiger partial charge on any atom is -0.488 e. The Labute approximate surface area is 195 Å². The number of para-hydroxylation sites is 1. The number of aliphatic imine (C=N–C) groups is 1. The fourth-order valence-corrected chi connectivity index (χ4v) is 2.56. The topological polar surface area (TPSA) is 98.0 Å². The lowest BCUT2D eigenvalue weighted by molar-refractivity contribution is -0.119. The van der Waals surface area contributed by atoms with E-state index < -0.39 is 5.91 Å². The van der Waals surface area contributed by atoms with Crippen molar-refractivity contribution >= 4 is 35.8 Å². The van der Waals surface area contributed by atoms with E-state index in [0.717, 1.165) is 16.9 Å². The molecular weight excluding hydrogens is 495 g/mol. The predicted octanol–water partition coefficient (Wildman–Crippen LogP) is 3.21. The van der Waals surface area contributed by atoms with Crippen molar-refractivity contribution in [1.82, 2.24) is 10.6 Å². The molecule has 2 rings (SSSR count). The van der Waals surface area contributed by atoms with Crippen molar-refractivity contribution in [3.8, 4) is 11.5 Å². The first-order valence-electron chi connectivity index (χ1n) is 9.48. The molecule has 0 saturated heterocycles. The average Bonchev–Trinajstić information content (AvgIpc) is 2.67. The number of nitrogens with one attached hydrogen (secondary N) is 2. The number of guanidine groups is 1. The van der Waals surface area contributed by atoms with E-state index in [1.54, 1.807) is 13.1 Å². The number of nitrogens with zero attached hydrogens (tertiary/aromatic N) is 1. The van der Waals surface area contributed by atoms with E-state index in [2.05, 4.69) is 15.6 Å². The Bertz CT molecular complexity index is 850. The van der Waals surface area contributed by atoms with Crippen molar-refractivity contribution in [2.45, 2.75) is 39.5 Å². The van der Waals surface area contributed by atoms with Crippen molar-refractivity contribution in [2.24, 2.45) is 10.7 Å². The Morgan fingerprint density at radius 1 is 1.07 bits per heavy atom. The molecule has 0 saturated carbocycles. The number of halogens is 1. The molecule has 0 heterocycles. The second-order valence-electron chi connectivity index (χ2n) is 7.50. The van der Waals surface area contributed by atoms with Gasteiger partial charge in [-0.05, 0) is 44.5 Å². The van der Waals surface area contributed by atoms with Gasteiger partial charge in [0.2, 0.25) is 0 Å². The monoisotopic (exact) mass is 526 g/mol. The fourth-order valence-electron chi connectivity index (χ4n) is 2.56. The summed E-state index contributed by atoms with van der Waals surface area (Å²) in [4.78, 5) is 15.1. The zero-order valence-electron chi connectivity index (χ0n) is 17.9. The summed E-state index contributed by atoms with van der Waals surface area (Å²) in [6, 6.07) is 15.4. The number of carbonyl (C=O) groups is 1. The number of ether oxygens (including phenoxy) is 2. The molecule has 0 aliphatic rings. The number of hydrogen-bond donors (Lipinski definition) is 3. The summed E-state index contributed by atoms with van der Waals surface area (Å²) in [6.07, 6.45) is 0. The molecule has 0 spiro atoms. The maximum atomic E-state index is 10.9. The van der Waals surface area contributed by atoms with Gasteiger partial charge in [-0.1, -0.05) is 30.3 Å². The predicted molar refractivity (Wildman–Crippen MR) is 130 cm³/mol. The van der Waals surface area contributed by atoms with Gasteiger partial charge in [-0.3, -0.25) is 9.79 Å². The van der Waals surface area contributed by atoms with Crippen LogP contribution in [-0.4, -0.2) is 31.1 Å². The van der Waals surface area contributed by atoms with Gasteiger partial charge in [-0.15, -0.1) is 24.0 Å². The van der Waals surface area contributed by atoms with Crippen LogP contribution in [0, 0.1) is 0 Å². The van der Waals surface area contributed by atoms with Crippen LogP contribution in [0.4, 0.5) is 0 Å². The lowest BCUT2D eigenvalue weighted by Gasteiger charge is -2.23. The van der Waals surface area contributed by atoms with E-state index in [1.807, 2.05) is 63.2 Å². The number of primary amides is 1. The van der Waals surface area contributed by atoms with Crippen LogP contribution in [-0.2, 0) is 17.9 Å². The van der Waals surface area contributed by atoms with Crippen molar-refractivity contribution in [2.75, 3.05) is 13.7 Å². The molecule has 0 aromatic heterocycles. The number of rotatable bonds is 8. The summed E-state index contributed by atoms with van der Waals surface area (Å²) in [5, 5.41) is 6.57. The zero-order valence-corrected chi connectivity index (χ0v) is 20.2. The smallest absolute Gasteiger partial charge is 0.255 e. The first kappa shape index (κ1) is 25.5. The van der Waals surface area contributed by atoms with Gasteiger partial charge < -0.3 is 25.8 Å². The maximum absolute atomic E-state index is 10.9. The van der Waals surface area contributed by atoms with E-state index in [1.165, 1.54) is 0 Å². The minimum atomic E-state index is -0.506. The summed E-state index contributed by atoms with van der Waals surface area (Å²) in [7, 11) is 1.72. The van der Waals surface area contributed by atoms with Crippen LogP contribution >= 0.6 is 24.0 Å². The Morgan fingerprint density at radius 2 is 1.77 bits per heavy atom. The van der Waals surface area contributed by atoms with Gasteiger partial charge in [0.15, 0.2) is 12.6 Å². The number of benzene rings is 2. The van der Waals surface area contributed by atoms with Crippen molar-refractivity contribution < 1.29 is 14.3 Å². The fraction of sp³-hybridized carbons (Fsp3) is 0.364. The summed E-state index contributed by atoms with van der Waals surface area (Å²) < 4.78 is 11.4. The minimum absolute atomic E-state index is 0. The molecule has 30 heavy (non-hydrogen) atoms. The maximum Gasteiger partial charge on any atom is 0.255 e. The highest BCUT2D eigenvalue weighted by Crippen LogP contribution is 2.22. The van der Waals surface area contributed by atoms with Crippen LogP contribution in [0.25, 0.3) is 0 Å². The molecule has 4 N–H and O–H groups in total. The molecule has 8 heteroatoms. The van der Waals surface area contributed by atoms with E-state index in [4.69, 9.17) is 15.2 Å². The van der Waals surface area contributed by atoms with Crippen LogP contribution in [0.1, 0.15) is 31.9 Å². The van der Waals surface area contributed by atoms with E-state index in [0.29, 0.717) is 24.8 Å². The molecule has 2 aromatic rings. The first-order valence-corrected chi connectivity index (χ1v) is 9.48. The van der Waals surface area contributed by atoms with Gasteiger partial charge in [0, 0.05) is 25.7 Å². The number of amides is 1. The molecule has 0 aliphatic carbocycles. The van der Waals surface area contributed by atoms with Gasteiger partial charge in [-0.25, -0.2) is 0 Å². The first-order chi connectivity index (χ1) is 13.8. The summed E-state index contributed by atoms with van der Waals surface area (Å²) in [6.45, 7) is 7.06. The van der Waals surface area contributed by atoms with Crippen molar-refractivity contribution in [3.05, 3.63) is 59.7 Å². The molecule has 0 fully saturated rings. The second kappa shape index (κ2) is 12.3. The summed E-state index contributed by atoms with van der Waals surface area (Å²) >= 11 is 0. The Morgan fingerprint density at radius 3 is 2.43 bits per heavy atom. The van der Waals surface area contributed by atoms with Crippen molar-refractivity contribution in [3.63, 3.8) is 0 Å². The van der Waals surface area contributed by atoms with Gasteiger partial charge in [0.1, 0.15) is 17.1 Å². The molecule has 164 valence electrons. The molecule has 0 bridgehead atoms. The standard InChI is InChI=1S/C22H30N4O3.HI/c1-22(2,3)29-19-11-6-5-9-17(19)14-26-21(24-4)25-13-16-8-7-10-18(12-16)28-15-20(23)27;/h5-12H,13-15H2,1-4H3,(H2,23,27)(H2,24,25,26);1H. The Hall–Kier alpha value is -2.49. The summed E-state index contributed by atoms with van der Waals surface area (Å²) in [5.74, 6) is 1.61. The molecule has 1 amide bonds. The molecule has 7 nitrogen and oxygen atoms in total. The van der Waals surface area contributed by atoms with Gasteiger partial charge >= 0.3 is 0 Å². The highest BCUT2D eigenvalue weighted by atomic mass is 127. The molecule has 0 radical (unpaired) electrons. The van der Waals surface area contributed by atoms with Crippen LogP contribution in [0.3, 0.4) is 0 Å². The SMILES string of the molecule is CN=C(NCc1cccc(OCC(N)=O)c1)NCc1ccccc1OC(C)(C)C.I. The highest BCUT2D eigenvalue weighted by Gasteiger charge is 2.14. The zero-order chi connectivity index (χ0) is 21.3. The number of nitrogens with two attached hydrogens (primary N) is 1. The molecule has 2 aromatic carbocycles. The summed E-state index contributed by atoms with van der Waals surface area (Å²) in [5.41, 5.74) is 6.89. The average molecular weight is 526 g/mol. The van der Waals surface area contributed by atoms with Gasteiger partial charge in [0.25, 0.3) is 5.91 Å². The van der Waals surface area contributed by atoms with E-state index >= 15 is 0 Å². The van der Waals surface area contributed by atoms with Crippen LogP contribution in [0.15, 0.2) is 53.5 Å². The molecular formula is C22H31IN4O3. The van der Waals surface area contributed by atoms with Crippen LogP contribution < -0.4 is 25.8 Å². The second-order valence-corrected chi connectivity index (χ2v) is 7.50. The normalized spacial score (nSPS) is 11.3. The Kier molecular flexibility index (Phi) is 10.4. The lowest BCUT2D eigenvalue weighted by Crippen LogP contribution is -2.36. The van der Waals surface area contributed by atoms with Gasteiger partial charge in [-0.2, -0.15) is 0 Å². The van der Waals surface area contributed by atoms with Crippen LogP contribution in [0.2, 0.25) is 0 Å². The molecule has 0 aliphatic heterocycles. The molecule has 0 unspecified atom stereocenters. The van der Waals surface area contributed by atoms with Crippen molar-refractivity contribution in [1.29, 1.82) is 0 Å². The lowest BCUT2D eigenvalue weighted by atomic mass is 10.1. The number of hydrogen-bond acceptors (Lipinski definition) is 4. The number of carbonyl (C=O) groups excluding carboxylic acids is 1. The Balaban J connectivity index is 0.00000450. The quantitative estimate of drug-likeness (QED) is 0.279. The highest BCUT2D eigenvalue weighted by molar-refractivity contribution is 14.0.